The molecular formula is C19H28N2O2. The SMILES string of the molecule is O=C1C=C2CC(NC3CCCCC3)[C@@H]3C[C@@]2(O1)[C@H]1CCCCN31. The average molecular weight is 316 g/mol. The minimum Gasteiger partial charge on any atom is -0.450 e. The first-order valence-electron chi connectivity index (χ1n) is 9.72. The normalized spacial score (nSPS) is 43.7. The predicted molar refractivity (Wildman–Crippen MR) is 88.1 cm³/mol. The Kier molecular flexibility index (Phi) is 3.35. The number of carbonyl (C=O) groups excluding carboxylic acids is 1. The van der Waals surface area contributed by atoms with E-state index in [1.807, 2.05) is 6.08 Å². The zero-order chi connectivity index (χ0) is 15.4. The zero-order valence-electron chi connectivity index (χ0n) is 13.9. The fourth-order valence-corrected chi connectivity index (χ4v) is 6.13. The standard InChI is InChI=1S/C19H28N2O2/c22-18-11-13-10-15(20-14-6-2-1-3-7-14)16-12-19(13,23-18)17-8-4-5-9-21(16)17/h11,14-17,20H,1-10,12H2/t15?,16-,17+,19-/m0/s1. The van der Waals surface area contributed by atoms with Gasteiger partial charge in [-0.05, 0) is 44.2 Å². The fourth-order valence-electron chi connectivity index (χ4n) is 6.13. The number of hydrogen-bond donors (Lipinski definition) is 1. The molecule has 126 valence electrons. The molecule has 2 aliphatic carbocycles. The topological polar surface area (TPSA) is 41.6 Å². The van der Waals surface area contributed by atoms with Crippen LogP contribution in [0, 0.1) is 0 Å². The summed E-state index contributed by atoms with van der Waals surface area (Å²) in [6.07, 6.45) is 14.4. The zero-order valence-corrected chi connectivity index (χ0v) is 13.9. The third-order valence-corrected chi connectivity index (χ3v) is 7.10. The molecule has 4 heteroatoms. The molecule has 3 heterocycles. The summed E-state index contributed by atoms with van der Waals surface area (Å²) in [5.41, 5.74) is 1.04. The molecule has 23 heavy (non-hydrogen) atoms. The van der Waals surface area contributed by atoms with Crippen LogP contribution in [0.2, 0.25) is 0 Å². The predicted octanol–water partition coefficient (Wildman–Crippen LogP) is 2.53. The van der Waals surface area contributed by atoms with Crippen LogP contribution in [0.25, 0.3) is 0 Å². The quantitative estimate of drug-likeness (QED) is 0.795. The fraction of sp³-hybridized carbons (Fsp3) is 0.842. The molecule has 2 bridgehead atoms. The monoisotopic (exact) mass is 316 g/mol. The van der Waals surface area contributed by atoms with Gasteiger partial charge >= 0.3 is 5.97 Å². The Morgan fingerprint density at radius 2 is 1.96 bits per heavy atom. The van der Waals surface area contributed by atoms with Crippen LogP contribution in [0.1, 0.15) is 64.2 Å². The molecule has 0 aromatic heterocycles. The minimum atomic E-state index is -0.257. The lowest BCUT2D eigenvalue weighted by Crippen LogP contribution is -2.53. The van der Waals surface area contributed by atoms with Crippen molar-refractivity contribution in [3.63, 3.8) is 0 Å². The van der Waals surface area contributed by atoms with E-state index in [0.717, 1.165) is 12.8 Å². The number of nitrogens with zero attached hydrogens (tertiary/aromatic N) is 1. The Labute approximate surface area is 138 Å². The molecule has 4 nitrogen and oxygen atoms in total. The number of esters is 1. The Bertz CT molecular complexity index is 539. The maximum Gasteiger partial charge on any atom is 0.331 e. The van der Waals surface area contributed by atoms with Gasteiger partial charge in [-0.1, -0.05) is 25.7 Å². The number of ether oxygens (including phenoxy) is 1. The summed E-state index contributed by atoms with van der Waals surface area (Å²) in [5.74, 6) is -0.0931. The van der Waals surface area contributed by atoms with Crippen molar-refractivity contribution in [3.05, 3.63) is 11.6 Å². The van der Waals surface area contributed by atoms with Crippen molar-refractivity contribution in [1.82, 2.24) is 10.2 Å². The molecule has 0 aromatic carbocycles. The Morgan fingerprint density at radius 3 is 2.83 bits per heavy atom. The van der Waals surface area contributed by atoms with Gasteiger partial charge in [-0.2, -0.15) is 0 Å². The number of fused-ring (bicyclic) bond motifs is 3. The Balaban J connectivity index is 1.43. The lowest BCUT2D eigenvalue weighted by molar-refractivity contribution is -0.148. The molecule has 0 radical (unpaired) electrons. The van der Waals surface area contributed by atoms with Crippen molar-refractivity contribution >= 4 is 5.97 Å². The molecule has 0 amide bonds. The summed E-state index contributed by atoms with van der Waals surface area (Å²) < 4.78 is 5.95. The van der Waals surface area contributed by atoms with Gasteiger partial charge < -0.3 is 10.1 Å². The van der Waals surface area contributed by atoms with Gasteiger partial charge in [-0.3, -0.25) is 4.90 Å². The van der Waals surface area contributed by atoms with Crippen molar-refractivity contribution in [2.45, 2.75) is 94.0 Å². The van der Waals surface area contributed by atoms with Crippen molar-refractivity contribution in [1.29, 1.82) is 0 Å². The highest BCUT2D eigenvalue weighted by molar-refractivity contribution is 5.87. The van der Waals surface area contributed by atoms with Gasteiger partial charge in [0.25, 0.3) is 0 Å². The lowest BCUT2D eigenvalue weighted by atomic mass is 9.75. The van der Waals surface area contributed by atoms with Gasteiger partial charge in [0.15, 0.2) is 5.60 Å². The van der Waals surface area contributed by atoms with Gasteiger partial charge in [-0.25, -0.2) is 4.79 Å². The largest absolute Gasteiger partial charge is 0.450 e. The van der Waals surface area contributed by atoms with Crippen molar-refractivity contribution in [2.75, 3.05) is 6.54 Å². The highest BCUT2D eigenvalue weighted by Gasteiger charge is 2.63. The second-order valence-corrected chi connectivity index (χ2v) is 8.31. The van der Waals surface area contributed by atoms with Gasteiger partial charge in [0.05, 0.1) is 6.04 Å². The molecule has 4 fully saturated rings. The maximum atomic E-state index is 12.0. The number of nitrogens with one attached hydrogen (secondary N) is 1. The molecule has 5 aliphatic rings. The molecule has 3 aliphatic heterocycles. The average Bonchev–Trinajstić information content (AvgIpc) is 3.05. The molecule has 1 spiro atoms. The van der Waals surface area contributed by atoms with E-state index in [4.69, 9.17) is 4.74 Å². The second kappa shape index (κ2) is 5.32. The summed E-state index contributed by atoms with van der Waals surface area (Å²) in [6, 6.07) is 2.20. The van der Waals surface area contributed by atoms with E-state index in [1.54, 1.807) is 0 Å². The van der Waals surface area contributed by atoms with E-state index in [1.165, 1.54) is 63.5 Å². The van der Waals surface area contributed by atoms with Gasteiger partial charge in [0.1, 0.15) is 0 Å². The van der Waals surface area contributed by atoms with Crippen LogP contribution in [0.15, 0.2) is 11.6 Å². The smallest absolute Gasteiger partial charge is 0.331 e. The lowest BCUT2D eigenvalue weighted by Gasteiger charge is -2.39. The third kappa shape index (κ3) is 2.14. The highest BCUT2D eigenvalue weighted by Crippen LogP contribution is 2.54. The number of hydrogen-bond acceptors (Lipinski definition) is 4. The number of carbonyl (C=O) groups is 1. The van der Waals surface area contributed by atoms with Crippen molar-refractivity contribution in [2.24, 2.45) is 0 Å². The first-order valence-corrected chi connectivity index (χ1v) is 9.72. The summed E-state index contributed by atoms with van der Waals surface area (Å²) in [5, 5.41) is 3.99. The molecular weight excluding hydrogens is 288 g/mol. The van der Waals surface area contributed by atoms with Crippen molar-refractivity contribution < 1.29 is 9.53 Å². The van der Waals surface area contributed by atoms with E-state index >= 15 is 0 Å². The molecule has 1 N–H and O–H groups in total. The van der Waals surface area contributed by atoms with E-state index in [2.05, 4.69) is 10.2 Å². The summed E-state index contributed by atoms with van der Waals surface area (Å²) >= 11 is 0. The molecule has 5 rings (SSSR count). The van der Waals surface area contributed by atoms with Crippen LogP contribution < -0.4 is 5.32 Å². The first kappa shape index (κ1) is 14.5. The minimum absolute atomic E-state index is 0.0931. The summed E-state index contributed by atoms with van der Waals surface area (Å²) in [6.45, 7) is 1.19. The molecule has 2 saturated carbocycles. The van der Waals surface area contributed by atoms with E-state index < -0.39 is 0 Å². The number of rotatable bonds is 2. The maximum absolute atomic E-state index is 12.0. The summed E-state index contributed by atoms with van der Waals surface area (Å²) in [7, 11) is 0. The Morgan fingerprint density at radius 1 is 1.13 bits per heavy atom. The number of piperidine rings is 1. The van der Waals surface area contributed by atoms with Crippen LogP contribution in [0.5, 0.6) is 0 Å². The van der Waals surface area contributed by atoms with E-state index in [-0.39, 0.29) is 11.6 Å². The molecule has 0 aromatic rings. The highest BCUT2D eigenvalue weighted by atomic mass is 16.6. The molecule has 2 saturated heterocycles. The van der Waals surface area contributed by atoms with Gasteiger partial charge in [0.2, 0.25) is 0 Å². The molecule has 4 atom stereocenters. The Hall–Kier alpha value is -0.870. The van der Waals surface area contributed by atoms with Crippen LogP contribution in [0.3, 0.4) is 0 Å². The van der Waals surface area contributed by atoms with Crippen LogP contribution in [-0.4, -0.2) is 47.2 Å². The molecule has 1 unspecified atom stereocenters. The third-order valence-electron chi connectivity index (χ3n) is 7.10. The van der Waals surface area contributed by atoms with Crippen LogP contribution in [0.4, 0.5) is 0 Å². The van der Waals surface area contributed by atoms with Gasteiger partial charge in [-0.15, -0.1) is 0 Å². The second-order valence-electron chi connectivity index (χ2n) is 8.31. The van der Waals surface area contributed by atoms with Crippen LogP contribution >= 0.6 is 0 Å². The van der Waals surface area contributed by atoms with E-state index in [0.29, 0.717) is 24.2 Å². The first-order chi connectivity index (χ1) is 11.3. The van der Waals surface area contributed by atoms with E-state index in [9.17, 15) is 4.79 Å². The van der Waals surface area contributed by atoms with Crippen molar-refractivity contribution in [3.8, 4) is 0 Å². The summed E-state index contributed by atoms with van der Waals surface area (Å²) in [4.78, 5) is 14.7. The van der Waals surface area contributed by atoms with Gasteiger partial charge in [0, 0.05) is 30.6 Å². The van der Waals surface area contributed by atoms with Crippen LogP contribution in [-0.2, 0) is 9.53 Å².